The fraction of sp³-hybridized carbons (Fsp3) is 0.320. The molecule has 4 heterocycles. The Labute approximate surface area is 182 Å². The Kier molecular flexibility index (Phi) is 4.03. The van der Waals surface area contributed by atoms with E-state index in [0.717, 1.165) is 36.2 Å². The van der Waals surface area contributed by atoms with Crippen molar-refractivity contribution in [2.24, 2.45) is 0 Å². The van der Waals surface area contributed by atoms with Crippen LogP contribution in [0.1, 0.15) is 16.7 Å². The van der Waals surface area contributed by atoms with Crippen LogP contribution >= 0.6 is 0 Å². The predicted octanol–water partition coefficient (Wildman–Crippen LogP) is 3.62. The van der Waals surface area contributed by atoms with E-state index in [0.29, 0.717) is 19.8 Å². The van der Waals surface area contributed by atoms with Crippen LogP contribution in [0.2, 0.25) is 0 Å². The summed E-state index contributed by atoms with van der Waals surface area (Å²) >= 11 is 0. The molecule has 1 spiro atoms. The van der Waals surface area contributed by atoms with Gasteiger partial charge in [-0.05, 0) is 29.3 Å². The van der Waals surface area contributed by atoms with Gasteiger partial charge in [0.15, 0.2) is 11.5 Å². The number of fused-ring (bicyclic) bond motifs is 5. The molecule has 0 saturated carbocycles. The average Bonchev–Trinajstić information content (AvgIpc) is 3.31. The van der Waals surface area contributed by atoms with E-state index in [1.165, 1.54) is 22.4 Å². The molecule has 1 atom stereocenters. The van der Waals surface area contributed by atoms with Gasteiger partial charge in [-0.15, -0.1) is 0 Å². The van der Waals surface area contributed by atoms with E-state index in [9.17, 15) is 0 Å². The van der Waals surface area contributed by atoms with Crippen LogP contribution < -0.4 is 24.0 Å². The van der Waals surface area contributed by atoms with Gasteiger partial charge in [0, 0.05) is 50.7 Å². The van der Waals surface area contributed by atoms with Crippen molar-refractivity contribution in [2.45, 2.75) is 12.0 Å². The lowest BCUT2D eigenvalue weighted by Gasteiger charge is -2.26. The van der Waals surface area contributed by atoms with E-state index < -0.39 is 0 Å². The Morgan fingerprint density at radius 3 is 2.52 bits per heavy atom. The average molecular weight is 415 g/mol. The first kappa shape index (κ1) is 18.4. The van der Waals surface area contributed by atoms with E-state index in [4.69, 9.17) is 14.2 Å². The normalized spacial score (nSPS) is 20.4. The van der Waals surface area contributed by atoms with E-state index >= 15 is 0 Å². The summed E-state index contributed by atoms with van der Waals surface area (Å²) in [5, 5.41) is 0. The fourth-order valence-corrected chi connectivity index (χ4v) is 4.98. The number of hydrogen-bond donors (Lipinski definition) is 0. The molecule has 6 rings (SSSR count). The molecule has 1 unspecified atom stereocenters. The second-order valence-electron chi connectivity index (χ2n) is 8.66. The SMILES string of the molecule is CN(C)c1ccc(CN2CC3(COc4cc5c(cc43)OCCO5)c3ccccc32)cn1. The van der Waals surface area contributed by atoms with Gasteiger partial charge in [0.2, 0.25) is 0 Å². The summed E-state index contributed by atoms with van der Waals surface area (Å²) in [7, 11) is 4.01. The zero-order chi connectivity index (χ0) is 21.0. The summed E-state index contributed by atoms with van der Waals surface area (Å²) in [6.07, 6.45) is 1.98. The van der Waals surface area contributed by atoms with Crippen LogP contribution in [0.4, 0.5) is 11.5 Å². The minimum atomic E-state index is -0.210. The molecule has 0 amide bonds. The van der Waals surface area contributed by atoms with E-state index in [1.807, 2.05) is 31.3 Å². The van der Waals surface area contributed by atoms with Crippen LogP contribution in [0.3, 0.4) is 0 Å². The molecular formula is C25H25N3O3. The lowest BCUT2D eigenvalue weighted by atomic mass is 9.77. The minimum absolute atomic E-state index is 0.210. The van der Waals surface area contributed by atoms with Gasteiger partial charge in [-0.1, -0.05) is 24.3 Å². The molecule has 0 saturated heterocycles. The number of pyridine rings is 1. The number of nitrogens with zero attached hydrogens (tertiary/aromatic N) is 3. The zero-order valence-corrected chi connectivity index (χ0v) is 17.8. The van der Waals surface area contributed by atoms with Crippen LogP contribution in [0.15, 0.2) is 54.7 Å². The van der Waals surface area contributed by atoms with Crippen molar-refractivity contribution in [1.82, 2.24) is 4.98 Å². The molecule has 6 heteroatoms. The van der Waals surface area contributed by atoms with Gasteiger partial charge >= 0.3 is 0 Å². The first-order valence-corrected chi connectivity index (χ1v) is 10.7. The highest BCUT2D eigenvalue weighted by Gasteiger charge is 2.50. The fourth-order valence-electron chi connectivity index (χ4n) is 4.98. The summed E-state index contributed by atoms with van der Waals surface area (Å²) in [5.41, 5.74) is 4.74. The van der Waals surface area contributed by atoms with Crippen molar-refractivity contribution >= 4 is 11.5 Å². The lowest BCUT2D eigenvalue weighted by molar-refractivity contribution is 0.171. The number of aromatic nitrogens is 1. The topological polar surface area (TPSA) is 47.1 Å². The van der Waals surface area contributed by atoms with Crippen molar-refractivity contribution in [1.29, 1.82) is 0 Å². The van der Waals surface area contributed by atoms with E-state index in [-0.39, 0.29) is 5.41 Å². The Morgan fingerprint density at radius 2 is 1.74 bits per heavy atom. The van der Waals surface area contributed by atoms with Crippen molar-refractivity contribution in [2.75, 3.05) is 50.3 Å². The third-order valence-corrected chi connectivity index (χ3v) is 6.50. The largest absolute Gasteiger partial charge is 0.492 e. The third kappa shape index (κ3) is 2.81. The molecule has 2 aromatic carbocycles. The van der Waals surface area contributed by atoms with Crippen LogP contribution in [0.25, 0.3) is 0 Å². The Bertz CT molecular complexity index is 1150. The zero-order valence-electron chi connectivity index (χ0n) is 17.8. The third-order valence-electron chi connectivity index (χ3n) is 6.50. The van der Waals surface area contributed by atoms with Crippen molar-refractivity contribution in [3.63, 3.8) is 0 Å². The highest BCUT2D eigenvalue weighted by molar-refractivity contribution is 5.70. The number of anilines is 2. The second kappa shape index (κ2) is 6.80. The summed E-state index contributed by atoms with van der Waals surface area (Å²) in [5.74, 6) is 3.46. The number of benzene rings is 2. The quantitative estimate of drug-likeness (QED) is 0.651. The monoisotopic (exact) mass is 415 g/mol. The Balaban J connectivity index is 1.38. The molecule has 1 aromatic heterocycles. The summed E-state index contributed by atoms with van der Waals surface area (Å²) in [6.45, 7) is 3.44. The summed E-state index contributed by atoms with van der Waals surface area (Å²) in [6, 6.07) is 17.0. The number of hydrogen-bond acceptors (Lipinski definition) is 6. The van der Waals surface area contributed by atoms with Crippen LogP contribution in [0, 0.1) is 0 Å². The predicted molar refractivity (Wildman–Crippen MR) is 120 cm³/mol. The minimum Gasteiger partial charge on any atom is -0.492 e. The Morgan fingerprint density at radius 1 is 0.935 bits per heavy atom. The molecule has 31 heavy (non-hydrogen) atoms. The molecule has 0 radical (unpaired) electrons. The molecule has 0 fully saturated rings. The smallest absolute Gasteiger partial charge is 0.165 e. The highest BCUT2D eigenvalue weighted by Crippen LogP contribution is 2.54. The van der Waals surface area contributed by atoms with E-state index in [2.05, 4.69) is 52.3 Å². The molecule has 0 N–H and O–H groups in total. The van der Waals surface area contributed by atoms with Gasteiger partial charge in [0.1, 0.15) is 31.4 Å². The first-order chi connectivity index (χ1) is 15.1. The lowest BCUT2D eigenvalue weighted by Crippen LogP contribution is -2.36. The molecular weight excluding hydrogens is 390 g/mol. The number of para-hydroxylation sites is 1. The maximum atomic E-state index is 6.22. The first-order valence-electron chi connectivity index (χ1n) is 10.7. The van der Waals surface area contributed by atoms with Crippen LogP contribution in [0.5, 0.6) is 17.2 Å². The van der Waals surface area contributed by atoms with Crippen LogP contribution in [-0.2, 0) is 12.0 Å². The Hall–Kier alpha value is -3.41. The van der Waals surface area contributed by atoms with Gasteiger partial charge in [-0.25, -0.2) is 4.98 Å². The molecule has 158 valence electrons. The summed E-state index contributed by atoms with van der Waals surface area (Å²) in [4.78, 5) is 9.05. The van der Waals surface area contributed by atoms with E-state index in [1.54, 1.807) is 0 Å². The van der Waals surface area contributed by atoms with Gasteiger partial charge in [-0.2, -0.15) is 0 Å². The standard InChI is InChI=1S/C25H25N3O3/c1-27(2)24-8-7-17(13-26-24)14-28-15-25(18-5-3-4-6-20(18)28)16-31-21-12-23-22(11-19(21)25)29-9-10-30-23/h3-8,11-13H,9-10,14-16H2,1-2H3. The van der Waals surface area contributed by atoms with Crippen molar-refractivity contribution in [3.8, 4) is 17.2 Å². The van der Waals surface area contributed by atoms with Gasteiger partial charge in [0.05, 0.1) is 5.41 Å². The maximum absolute atomic E-state index is 6.22. The van der Waals surface area contributed by atoms with Crippen molar-refractivity contribution < 1.29 is 14.2 Å². The van der Waals surface area contributed by atoms with Gasteiger partial charge < -0.3 is 24.0 Å². The molecule has 0 bridgehead atoms. The number of rotatable bonds is 3. The van der Waals surface area contributed by atoms with Crippen molar-refractivity contribution in [3.05, 3.63) is 71.4 Å². The maximum Gasteiger partial charge on any atom is 0.165 e. The molecule has 0 aliphatic carbocycles. The van der Waals surface area contributed by atoms with Crippen LogP contribution in [-0.4, -0.2) is 45.4 Å². The molecule has 3 aliphatic rings. The molecule has 6 nitrogen and oxygen atoms in total. The molecule has 3 aliphatic heterocycles. The van der Waals surface area contributed by atoms with Gasteiger partial charge in [0.25, 0.3) is 0 Å². The van der Waals surface area contributed by atoms with Gasteiger partial charge in [-0.3, -0.25) is 0 Å². The number of ether oxygens (including phenoxy) is 3. The second-order valence-corrected chi connectivity index (χ2v) is 8.66. The summed E-state index contributed by atoms with van der Waals surface area (Å²) < 4.78 is 17.9. The molecule has 3 aromatic rings. The highest BCUT2D eigenvalue weighted by atomic mass is 16.6.